The first-order valence-corrected chi connectivity index (χ1v) is 20.9. The summed E-state index contributed by atoms with van der Waals surface area (Å²) in [4.78, 5) is 15.9. The topological polar surface area (TPSA) is 48.5 Å². The number of rotatable bonds is 7. The molecule has 12 rings (SSSR count). The number of fused-ring (bicyclic) bond motifs is 7. The van der Waals surface area contributed by atoms with E-state index in [0.29, 0.717) is 17.6 Å². The van der Waals surface area contributed by atoms with Crippen molar-refractivity contribution in [3.63, 3.8) is 0 Å². The summed E-state index contributed by atoms with van der Waals surface area (Å²) in [5, 5.41) is 4.56. The Kier molecular flexibility index (Phi) is 8.42. The molecule has 5 nitrogen and oxygen atoms in total. The van der Waals surface area contributed by atoms with E-state index in [1.165, 1.54) is 16.7 Å². The summed E-state index contributed by atoms with van der Waals surface area (Å²) in [5.41, 5.74) is 14.2. The molecule has 62 heavy (non-hydrogen) atoms. The third-order valence-electron chi connectivity index (χ3n) is 12.0. The van der Waals surface area contributed by atoms with Crippen molar-refractivity contribution < 1.29 is 0 Å². The van der Waals surface area contributed by atoms with E-state index in [-0.39, 0.29) is 0 Å². The van der Waals surface area contributed by atoms with Crippen molar-refractivity contribution in [1.82, 2.24) is 24.1 Å². The predicted molar refractivity (Wildman–Crippen MR) is 256 cm³/mol. The van der Waals surface area contributed by atoms with Crippen LogP contribution < -0.4 is 0 Å². The average molecular weight is 792 g/mol. The molecule has 9 aromatic carbocycles. The number of hydrogen-bond donors (Lipinski definition) is 0. The second-order valence-corrected chi connectivity index (χ2v) is 15.7. The first-order chi connectivity index (χ1) is 30.7. The lowest BCUT2D eigenvalue weighted by Gasteiger charge is -2.12. The van der Waals surface area contributed by atoms with Crippen molar-refractivity contribution in [2.75, 3.05) is 0 Å². The van der Waals surface area contributed by atoms with Crippen LogP contribution in [-0.4, -0.2) is 24.1 Å². The molecule has 0 fully saturated rings. The number of aromatic nitrogens is 5. The van der Waals surface area contributed by atoms with Crippen molar-refractivity contribution in [3.8, 4) is 67.8 Å². The number of para-hydroxylation sites is 2. The Hall–Kier alpha value is -8.41. The molecule has 0 N–H and O–H groups in total. The minimum atomic E-state index is 0.562. The van der Waals surface area contributed by atoms with Crippen LogP contribution in [0.15, 0.2) is 224 Å². The SMILES string of the molecule is c1ccc(-c2cccc(-c3ccc(-c4nc(-c5ccccc5)nc(-n5c6ccccc6c6ccc7c(c8cc(-c9ccccc9)ccc8n7-c7ccccc7)c65)n4)cc3)c2)cc1. The number of hydrogen-bond acceptors (Lipinski definition) is 3. The summed E-state index contributed by atoms with van der Waals surface area (Å²) in [6.07, 6.45) is 0. The minimum Gasteiger partial charge on any atom is -0.309 e. The fourth-order valence-corrected chi connectivity index (χ4v) is 9.06. The summed E-state index contributed by atoms with van der Waals surface area (Å²) < 4.78 is 4.64. The van der Waals surface area contributed by atoms with Crippen LogP contribution in [0.5, 0.6) is 0 Å². The van der Waals surface area contributed by atoms with Crippen LogP contribution in [0.3, 0.4) is 0 Å². The fourth-order valence-electron chi connectivity index (χ4n) is 9.06. The van der Waals surface area contributed by atoms with Crippen LogP contribution in [0.1, 0.15) is 0 Å². The van der Waals surface area contributed by atoms with Crippen molar-refractivity contribution in [2.24, 2.45) is 0 Å². The second-order valence-electron chi connectivity index (χ2n) is 15.7. The largest absolute Gasteiger partial charge is 0.309 e. The lowest BCUT2D eigenvalue weighted by molar-refractivity contribution is 0.955. The van der Waals surface area contributed by atoms with Gasteiger partial charge in [-0.2, -0.15) is 9.97 Å². The predicted octanol–water partition coefficient (Wildman–Crippen LogP) is 14.4. The molecule has 290 valence electrons. The van der Waals surface area contributed by atoms with Crippen LogP contribution in [-0.2, 0) is 0 Å². The minimum absolute atomic E-state index is 0.562. The second kappa shape index (κ2) is 14.7. The Bertz CT molecular complexity index is 3590. The van der Waals surface area contributed by atoms with E-state index in [2.05, 4.69) is 215 Å². The van der Waals surface area contributed by atoms with Crippen molar-refractivity contribution in [3.05, 3.63) is 224 Å². The molecule has 3 heterocycles. The molecule has 0 saturated heterocycles. The van der Waals surface area contributed by atoms with Gasteiger partial charge in [0.25, 0.3) is 0 Å². The van der Waals surface area contributed by atoms with Gasteiger partial charge in [0.2, 0.25) is 5.95 Å². The molecule has 0 aliphatic heterocycles. The van der Waals surface area contributed by atoms with Gasteiger partial charge >= 0.3 is 0 Å². The van der Waals surface area contributed by atoms with Crippen molar-refractivity contribution in [1.29, 1.82) is 0 Å². The van der Waals surface area contributed by atoms with Gasteiger partial charge in [-0.3, -0.25) is 4.57 Å². The Morgan fingerprint density at radius 3 is 1.40 bits per heavy atom. The van der Waals surface area contributed by atoms with Crippen LogP contribution >= 0.6 is 0 Å². The zero-order valence-corrected chi connectivity index (χ0v) is 33.6. The van der Waals surface area contributed by atoms with Crippen molar-refractivity contribution in [2.45, 2.75) is 0 Å². The zero-order chi connectivity index (χ0) is 41.0. The van der Waals surface area contributed by atoms with Gasteiger partial charge in [-0.1, -0.05) is 182 Å². The van der Waals surface area contributed by atoms with E-state index in [4.69, 9.17) is 15.0 Å². The quantitative estimate of drug-likeness (QED) is 0.162. The lowest BCUT2D eigenvalue weighted by Crippen LogP contribution is -2.06. The van der Waals surface area contributed by atoms with Gasteiger partial charge in [0.05, 0.1) is 22.1 Å². The molecule has 0 bridgehead atoms. The van der Waals surface area contributed by atoms with Gasteiger partial charge in [-0.05, 0) is 75.8 Å². The molecule has 0 aliphatic rings. The van der Waals surface area contributed by atoms with E-state index in [1.54, 1.807) is 0 Å². The Labute approximate surface area is 358 Å². The fraction of sp³-hybridized carbons (Fsp3) is 0. The summed E-state index contributed by atoms with van der Waals surface area (Å²) >= 11 is 0. The maximum atomic E-state index is 5.38. The van der Waals surface area contributed by atoms with Gasteiger partial charge in [0.1, 0.15) is 0 Å². The van der Waals surface area contributed by atoms with Crippen LogP contribution in [0, 0.1) is 0 Å². The number of nitrogens with zero attached hydrogens (tertiary/aromatic N) is 5. The van der Waals surface area contributed by atoms with E-state index < -0.39 is 0 Å². The molecule has 0 aliphatic carbocycles. The molecular formula is C57H37N5. The van der Waals surface area contributed by atoms with E-state index in [1.807, 2.05) is 18.2 Å². The molecule has 0 atom stereocenters. The first-order valence-electron chi connectivity index (χ1n) is 20.9. The summed E-state index contributed by atoms with van der Waals surface area (Å²) in [5.74, 6) is 1.78. The molecule has 0 saturated carbocycles. The Morgan fingerprint density at radius 1 is 0.274 bits per heavy atom. The van der Waals surface area contributed by atoms with Gasteiger partial charge in [0, 0.05) is 38.4 Å². The molecular weight excluding hydrogens is 755 g/mol. The Morgan fingerprint density at radius 2 is 0.742 bits per heavy atom. The van der Waals surface area contributed by atoms with Gasteiger partial charge in [-0.25, -0.2) is 4.98 Å². The normalized spacial score (nSPS) is 11.5. The molecule has 5 heteroatoms. The average Bonchev–Trinajstić information content (AvgIpc) is 3.88. The monoisotopic (exact) mass is 791 g/mol. The maximum absolute atomic E-state index is 5.38. The lowest BCUT2D eigenvalue weighted by atomic mass is 9.98. The molecule has 3 aromatic heterocycles. The summed E-state index contributed by atoms with van der Waals surface area (Å²) in [6, 6.07) is 79.2. The number of benzene rings is 9. The highest BCUT2D eigenvalue weighted by atomic mass is 15.2. The van der Waals surface area contributed by atoms with Gasteiger partial charge in [0.15, 0.2) is 11.6 Å². The smallest absolute Gasteiger partial charge is 0.238 e. The molecule has 0 unspecified atom stereocenters. The molecule has 0 spiro atoms. The summed E-state index contributed by atoms with van der Waals surface area (Å²) in [7, 11) is 0. The first kappa shape index (κ1) is 35.5. The standard InChI is InChI=1S/C57H37N5/c1-5-16-38(17-6-1)43-22-15-23-44(36-43)40-28-30-42(31-29-40)56-58-55(41-20-9-3-10-21-41)59-57(60-56)62-50-27-14-13-26-47(50)48-33-35-52-53(54(48)62)49-37-45(39-18-7-2-8-19-39)32-34-51(49)61(52)46-24-11-4-12-25-46/h1-37H. The van der Waals surface area contributed by atoms with Crippen LogP contribution in [0.4, 0.5) is 0 Å². The van der Waals surface area contributed by atoms with E-state index in [0.717, 1.165) is 77.1 Å². The van der Waals surface area contributed by atoms with Crippen LogP contribution in [0.2, 0.25) is 0 Å². The highest BCUT2D eigenvalue weighted by Crippen LogP contribution is 2.43. The van der Waals surface area contributed by atoms with Crippen LogP contribution in [0.25, 0.3) is 111 Å². The molecule has 0 radical (unpaired) electrons. The third-order valence-corrected chi connectivity index (χ3v) is 12.0. The Balaban J connectivity index is 1.11. The van der Waals surface area contributed by atoms with Gasteiger partial charge in [-0.15, -0.1) is 0 Å². The van der Waals surface area contributed by atoms with E-state index in [9.17, 15) is 0 Å². The van der Waals surface area contributed by atoms with Gasteiger partial charge < -0.3 is 4.57 Å². The highest BCUT2D eigenvalue weighted by Gasteiger charge is 2.23. The maximum Gasteiger partial charge on any atom is 0.238 e. The highest BCUT2D eigenvalue weighted by molar-refractivity contribution is 6.26. The molecule has 0 amide bonds. The summed E-state index contributed by atoms with van der Waals surface area (Å²) in [6.45, 7) is 0. The van der Waals surface area contributed by atoms with Crippen molar-refractivity contribution >= 4 is 43.6 Å². The van der Waals surface area contributed by atoms with E-state index >= 15 is 0 Å². The third kappa shape index (κ3) is 5.98. The zero-order valence-electron chi connectivity index (χ0n) is 33.6. The molecule has 12 aromatic rings.